The smallest absolute Gasteiger partial charge is 0.222 e. The molecule has 2 aliphatic heterocycles. The van der Waals surface area contributed by atoms with Gasteiger partial charge in [0, 0.05) is 24.6 Å². The predicted octanol–water partition coefficient (Wildman–Crippen LogP) is 1.53. The molecule has 2 aliphatic rings. The molecular formula is C16H21FN2O3. The molecule has 1 aromatic rings. The van der Waals surface area contributed by atoms with Crippen molar-refractivity contribution in [2.75, 3.05) is 26.4 Å². The van der Waals surface area contributed by atoms with Crippen LogP contribution in [-0.4, -0.2) is 38.3 Å². The zero-order valence-corrected chi connectivity index (χ0v) is 12.4. The van der Waals surface area contributed by atoms with Gasteiger partial charge >= 0.3 is 0 Å². The largest absolute Gasteiger partial charge is 0.493 e. The fourth-order valence-corrected chi connectivity index (χ4v) is 2.93. The van der Waals surface area contributed by atoms with Crippen LogP contribution >= 0.6 is 0 Å². The van der Waals surface area contributed by atoms with Crippen LogP contribution in [-0.2, 0) is 9.53 Å². The number of morpholine rings is 1. The molecule has 0 spiro atoms. The molecule has 1 aromatic carbocycles. The summed E-state index contributed by atoms with van der Waals surface area (Å²) in [7, 11) is 0. The van der Waals surface area contributed by atoms with Crippen molar-refractivity contribution in [1.29, 1.82) is 0 Å². The molecule has 2 unspecified atom stereocenters. The summed E-state index contributed by atoms with van der Waals surface area (Å²) >= 11 is 0. The van der Waals surface area contributed by atoms with Crippen LogP contribution in [0.3, 0.4) is 0 Å². The van der Waals surface area contributed by atoms with E-state index in [2.05, 4.69) is 10.6 Å². The fourth-order valence-electron chi connectivity index (χ4n) is 2.93. The van der Waals surface area contributed by atoms with Crippen molar-refractivity contribution in [1.82, 2.24) is 10.6 Å². The molecule has 2 atom stereocenters. The summed E-state index contributed by atoms with van der Waals surface area (Å²) in [6.07, 6.45) is 1.94. The highest BCUT2D eigenvalue weighted by molar-refractivity contribution is 5.77. The standard InChI is InChI=1S/C16H21FN2O3/c17-11-3-4-15-13(8-11)14(2-1-6-22-15)19-16(20)9-12-10-21-7-5-18-12/h3-4,8,12,14,18H,1-2,5-7,9-10H2,(H,19,20). The van der Waals surface area contributed by atoms with Crippen molar-refractivity contribution in [2.45, 2.75) is 31.3 Å². The van der Waals surface area contributed by atoms with Crippen LogP contribution in [0.25, 0.3) is 0 Å². The van der Waals surface area contributed by atoms with E-state index in [1.165, 1.54) is 12.1 Å². The van der Waals surface area contributed by atoms with E-state index in [0.717, 1.165) is 24.9 Å². The first-order valence-corrected chi connectivity index (χ1v) is 7.75. The molecule has 1 fully saturated rings. The number of benzene rings is 1. The number of amides is 1. The lowest BCUT2D eigenvalue weighted by atomic mass is 10.0. The average Bonchev–Trinajstić information content (AvgIpc) is 2.71. The molecule has 0 saturated carbocycles. The Kier molecular flexibility index (Phi) is 4.90. The Balaban J connectivity index is 1.66. The van der Waals surface area contributed by atoms with E-state index in [4.69, 9.17) is 9.47 Å². The third-order valence-corrected chi connectivity index (χ3v) is 4.01. The quantitative estimate of drug-likeness (QED) is 0.889. The summed E-state index contributed by atoms with van der Waals surface area (Å²) in [4.78, 5) is 12.2. The molecule has 120 valence electrons. The Morgan fingerprint density at radius 1 is 1.41 bits per heavy atom. The lowest BCUT2D eigenvalue weighted by molar-refractivity contribution is -0.123. The Morgan fingerprint density at radius 2 is 2.32 bits per heavy atom. The molecule has 0 aromatic heterocycles. The van der Waals surface area contributed by atoms with Crippen molar-refractivity contribution in [3.05, 3.63) is 29.6 Å². The average molecular weight is 308 g/mol. The van der Waals surface area contributed by atoms with Crippen molar-refractivity contribution in [2.24, 2.45) is 0 Å². The molecule has 3 rings (SSSR count). The van der Waals surface area contributed by atoms with Gasteiger partial charge in [-0.05, 0) is 31.0 Å². The Labute approximate surface area is 129 Å². The van der Waals surface area contributed by atoms with E-state index in [0.29, 0.717) is 32.0 Å². The Hall–Kier alpha value is -1.66. The van der Waals surface area contributed by atoms with E-state index >= 15 is 0 Å². The monoisotopic (exact) mass is 308 g/mol. The summed E-state index contributed by atoms with van der Waals surface area (Å²) in [6, 6.07) is 4.30. The fraction of sp³-hybridized carbons (Fsp3) is 0.562. The van der Waals surface area contributed by atoms with Gasteiger partial charge in [0.2, 0.25) is 5.91 Å². The lowest BCUT2D eigenvalue weighted by Crippen LogP contribution is -2.44. The highest BCUT2D eigenvalue weighted by Gasteiger charge is 2.24. The Bertz CT molecular complexity index is 532. The minimum absolute atomic E-state index is 0.0442. The van der Waals surface area contributed by atoms with Gasteiger partial charge in [0.15, 0.2) is 0 Å². The first kappa shape index (κ1) is 15.2. The van der Waals surface area contributed by atoms with Gasteiger partial charge in [0.05, 0.1) is 25.9 Å². The number of hydrogen-bond donors (Lipinski definition) is 2. The summed E-state index contributed by atoms with van der Waals surface area (Å²) in [5.41, 5.74) is 0.721. The van der Waals surface area contributed by atoms with Gasteiger partial charge in [-0.3, -0.25) is 4.79 Å². The number of carbonyl (C=O) groups is 1. The maximum absolute atomic E-state index is 13.5. The van der Waals surface area contributed by atoms with Gasteiger partial charge in [-0.15, -0.1) is 0 Å². The zero-order valence-electron chi connectivity index (χ0n) is 12.4. The molecule has 5 nitrogen and oxygen atoms in total. The van der Waals surface area contributed by atoms with E-state index in [9.17, 15) is 9.18 Å². The summed E-state index contributed by atoms with van der Waals surface area (Å²) < 4.78 is 24.5. The van der Waals surface area contributed by atoms with E-state index in [1.807, 2.05) is 0 Å². The molecule has 2 N–H and O–H groups in total. The molecule has 6 heteroatoms. The van der Waals surface area contributed by atoms with Crippen LogP contribution in [0.1, 0.15) is 30.9 Å². The number of ether oxygens (including phenoxy) is 2. The highest BCUT2D eigenvalue weighted by Crippen LogP contribution is 2.32. The van der Waals surface area contributed by atoms with E-state index in [1.54, 1.807) is 6.07 Å². The molecule has 1 amide bonds. The number of carbonyl (C=O) groups excluding carboxylic acids is 1. The van der Waals surface area contributed by atoms with E-state index in [-0.39, 0.29) is 23.8 Å². The summed E-state index contributed by atoms with van der Waals surface area (Å²) in [5, 5.41) is 6.27. The maximum Gasteiger partial charge on any atom is 0.222 e. The van der Waals surface area contributed by atoms with Crippen LogP contribution in [0.15, 0.2) is 18.2 Å². The topological polar surface area (TPSA) is 59.6 Å². The molecular weight excluding hydrogens is 287 g/mol. The Morgan fingerprint density at radius 3 is 3.14 bits per heavy atom. The first-order valence-electron chi connectivity index (χ1n) is 7.75. The first-order chi connectivity index (χ1) is 10.7. The molecule has 2 heterocycles. The number of rotatable bonds is 3. The third kappa shape index (κ3) is 3.75. The van der Waals surface area contributed by atoms with Crippen LogP contribution in [0, 0.1) is 5.82 Å². The van der Waals surface area contributed by atoms with Crippen LogP contribution in [0.5, 0.6) is 5.75 Å². The van der Waals surface area contributed by atoms with Gasteiger partial charge in [0.25, 0.3) is 0 Å². The summed E-state index contributed by atoms with van der Waals surface area (Å²) in [5.74, 6) is 0.291. The molecule has 0 bridgehead atoms. The van der Waals surface area contributed by atoms with Crippen molar-refractivity contribution >= 4 is 5.91 Å². The normalized spacial score (nSPS) is 24.8. The number of halogens is 1. The number of nitrogens with one attached hydrogen (secondary N) is 2. The van der Waals surface area contributed by atoms with Crippen LogP contribution < -0.4 is 15.4 Å². The lowest BCUT2D eigenvalue weighted by Gasteiger charge is -2.25. The second-order valence-electron chi connectivity index (χ2n) is 5.72. The molecule has 22 heavy (non-hydrogen) atoms. The third-order valence-electron chi connectivity index (χ3n) is 4.01. The van der Waals surface area contributed by atoms with Crippen molar-refractivity contribution in [3.8, 4) is 5.75 Å². The van der Waals surface area contributed by atoms with E-state index < -0.39 is 0 Å². The second-order valence-corrected chi connectivity index (χ2v) is 5.72. The van der Waals surface area contributed by atoms with Crippen molar-refractivity contribution < 1.29 is 18.7 Å². The SMILES string of the molecule is O=C(CC1COCCN1)NC1CCCOc2ccc(F)cc21. The highest BCUT2D eigenvalue weighted by atomic mass is 19.1. The molecule has 1 saturated heterocycles. The number of fused-ring (bicyclic) bond motifs is 1. The van der Waals surface area contributed by atoms with Gasteiger partial charge in [-0.2, -0.15) is 0 Å². The molecule has 0 aliphatic carbocycles. The number of hydrogen-bond acceptors (Lipinski definition) is 4. The van der Waals surface area contributed by atoms with Gasteiger partial charge in [-0.25, -0.2) is 4.39 Å². The maximum atomic E-state index is 13.5. The van der Waals surface area contributed by atoms with Gasteiger partial charge in [-0.1, -0.05) is 0 Å². The van der Waals surface area contributed by atoms with Crippen LogP contribution in [0.4, 0.5) is 4.39 Å². The van der Waals surface area contributed by atoms with Gasteiger partial charge < -0.3 is 20.1 Å². The molecule has 0 radical (unpaired) electrons. The zero-order chi connectivity index (χ0) is 15.4. The predicted molar refractivity (Wildman–Crippen MR) is 79.2 cm³/mol. The summed E-state index contributed by atoms with van der Waals surface area (Å²) in [6.45, 7) is 2.59. The van der Waals surface area contributed by atoms with Crippen LogP contribution in [0.2, 0.25) is 0 Å². The minimum Gasteiger partial charge on any atom is -0.493 e. The van der Waals surface area contributed by atoms with Crippen molar-refractivity contribution in [3.63, 3.8) is 0 Å². The second kappa shape index (κ2) is 7.07. The van der Waals surface area contributed by atoms with Gasteiger partial charge in [0.1, 0.15) is 11.6 Å². The minimum atomic E-state index is -0.314.